The third-order valence-electron chi connectivity index (χ3n) is 24.7. The molecule has 9 heteroatoms. The van der Waals surface area contributed by atoms with Crippen LogP contribution in [0.3, 0.4) is 0 Å². The second-order valence-electron chi connectivity index (χ2n) is 33.6. The molecule has 0 aliphatic heterocycles. The lowest BCUT2D eigenvalue weighted by atomic mass is 9.86. The second kappa shape index (κ2) is 33.1. The molecule has 6 heterocycles. The van der Waals surface area contributed by atoms with E-state index in [0.29, 0.717) is 0 Å². The highest BCUT2D eigenvalue weighted by Gasteiger charge is 2.23. The van der Waals surface area contributed by atoms with Crippen molar-refractivity contribution in [1.82, 2.24) is 43.0 Å². The lowest BCUT2D eigenvalue weighted by Crippen LogP contribution is -2.10. The van der Waals surface area contributed by atoms with Crippen molar-refractivity contribution in [2.75, 3.05) is 0 Å². The van der Waals surface area contributed by atoms with Crippen molar-refractivity contribution < 1.29 is 0 Å². The summed E-state index contributed by atoms with van der Waals surface area (Å²) in [7, 11) is 0. The zero-order valence-electron chi connectivity index (χ0n) is 71.1. The van der Waals surface area contributed by atoms with Gasteiger partial charge in [-0.3, -0.25) is 0 Å². The number of benzene rings is 18. The van der Waals surface area contributed by atoms with Gasteiger partial charge in [0.15, 0.2) is 0 Å². The molecule has 0 aliphatic carbocycles. The first-order valence-electron chi connectivity index (χ1n) is 43.7. The van der Waals surface area contributed by atoms with Gasteiger partial charge in [-0.1, -0.05) is 360 Å². The summed E-state index contributed by atoms with van der Waals surface area (Å²) in [6.45, 7) is 6.75. The van der Waals surface area contributed by atoms with Crippen LogP contribution in [0.2, 0.25) is 0 Å². The predicted octanol–water partition coefficient (Wildman–Crippen LogP) is 30.7. The molecule has 0 unspecified atom stereocenters. The van der Waals surface area contributed by atoms with Gasteiger partial charge in [-0.15, -0.1) is 0 Å². The first kappa shape index (κ1) is 77.3. The Balaban J connectivity index is 0.000000113. The molecule has 6 aromatic heterocycles. The van der Waals surface area contributed by atoms with E-state index >= 15 is 0 Å². The van der Waals surface area contributed by atoms with Crippen molar-refractivity contribution in [3.05, 3.63) is 479 Å². The lowest BCUT2D eigenvalue weighted by Gasteiger charge is -2.19. The second-order valence-corrected chi connectivity index (χ2v) is 33.6. The quantitative estimate of drug-likeness (QED) is 0.109. The molecule has 0 fully saturated rings. The zero-order valence-corrected chi connectivity index (χ0v) is 71.1. The van der Waals surface area contributed by atoms with Gasteiger partial charge in [-0.25, -0.2) is 14.0 Å². The van der Waals surface area contributed by atoms with Crippen LogP contribution in [0, 0.1) is 0 Å². The maximum absolute atomic E-state index is 5.14. The Hall–Kier alpha value is -16.8. The van der Waals surface area contributed by atoms with Gasteiger partial charge in [0.2, 0.25) is 0 Å². The highest BCUT2D eigenvalue weighted by molar-refractivity contribution is 6.11. The number of aromatic nitrogens is 9. The fraction of sp³-hybridized carbons (Fsp3) is 0.0336. The van der Waals surface area contributed by atoms with Gasteiger partial charge < -0.3 is 13.7 Å². The minimum absolute atomic E-state index is 0.108. The molecule has 0 saturated heterocycles. The summed E-state index contributed by atoms with van der Waals surface area (Å²) in [5, 5.41) is 25.4. The molecule has 18 aromatic carbocycles. The van der Waals surface area contributed by atoms with Crippen LogP contribution in [0.15, 0.2) is 473 Å². The van der Waals surface area contributed by atoms with E-state index in [9.17, 15) is 0 Å². The van der Waals surface area contributed by atoms with Crippen LogP contribution in [0.5, 0.6) is 0 Å². The van der Waals surface area contributed by atoms with Crippen LogP contribution in [0.1, 0.15) is 26.3 Å². The highest BCUT2D eigenvalue weighted by Crippen LogP contribution is 2.41. The highest BCUT2D eigenvalue weighted by atomic mass is 15.3. The maximum atomic E-state index is 5.14. The van der Waals surface area contributed by atoms with E-state index in [0.717, 1.165) is 102 Å². The van der Waals surface area contributed by atoms with Gasteiger partial charge in [-0.05, 0) is 177 Å². The van der Waals surface area contributed by atoms with Crippen LogP contribution in [0.25, 0.3) is 200 Å². The van der Waals surface area contributed by atoms with Gasteiger partial charge in [-0.2, -0.15) is 15.3 Å². The molecule has 0 amide bonds. The van der Waals surface area contributed by atoms with E-state index in [1.807, 2.05) is 24.3 Å². The summed E-state index contributed by atoms with van der Waals surface area (Å²) in [4.78, 5) is 0. The standard InChI is InChI=1S/C43H29N3.C39H27N3.C37H31N3/c1-2-11-32(12-3-1)40-29-43(33-21-18-31(19-22-33)35-23-20-30-10-4-5-13-34(30)28-35)46(44-40)37-26-24-36(25-27-37)45-41-16-8-6-14-38(41)39-15-7-9-17-42(39)45;1-3-11-28(12-4-1)29-19-21-31(22-20-29)39-27-36(30-13-5-2-6-14-30)40-42(39)33-25-23-32(24-26-33)41-37-17-9-7-15-34(37)35-16-8-10-18-38(35)41;1-37(2,3)28-19-17-27(18-20-28)36-25-33(26-11-5-4-6-12-26)38-40(36)30-23-21-29(22-24-30)39-34-15-9-7-13-31(34)32-14-8-10-16-35(32)39/h1-29H;1-27H;4-25H,1-3H3. The summed E-state index contributed by atoms with van der Waals surface area (Å²) in [6.07, 6.45) is 0. The number of hydrogen-bond acceptors (Lipinski definition) is 3. The molecular weight excluding hydrogens is 1560 g/mol. The molecule has 0 atom stereocenters. The molecule has 9 nitrogen and oxygen atoms in total. The third-order valence-corrected chi connectivity index (χ3v) is 24.7. The van der Waals surface area contributed by atoms with Crippen LogP contribution in [0.4, 0.5) is 0 Å². The van der Waals surface area contributed by atoms with Crippen molar-refractivity contribution in [2.45, 2.75) is 26.2 Å². The van der Waals surface area contributed by atoms with Crippen molar-refractivity contribution >= 4 is 76.2 Å². The van der Waals surface area contributed by atoms with Crippen LogP contribution < -0.4 is 0 Å². The van der Waals surface area contributed by atoms with Crippen LogP contribution in [-0.2, 0) is 5.41 Å². The fourth-order valence-electron chi connectivity index (χ4n) is 18.2. The molecular formula is C119H87N9. The number of hydrogen-bond donors (Lipinski definition) is 0. The topological polar surface area (TPSA) is 68.2 Å². The van der Waals surface area contributed by atoms with Gasteiger partial charge in [0.05, 0.1) is 84.3 Å². The van der Waals surface area contributed by atoms with Crippen molar-refractivity contribution in [3.8, 4) is 124 Å². The average molecular weight is 1640 g/mol. The molecule has 608 valence electrons. The van der Waals surface area contributed by atoms with E-state index in [-0.39, 0.29) is 5.41 Å². The monoisotopic (exact) mass is 1640 g/mol. The molecule has 0 N–H and O–H groups in total. The zero-order chi connectivity index (χ0) is 85.6. The van der Waals surface area contributed by atoms with Crippen molar-refractivity contribution in [2.24, 2.45) is 0 Å². The Morgan fingerprint density at radius 1 is 0.172 bits per heavy atom. The molecule has 0 bridgehead atoms. The minimum atomic E-state index is 0.108. The normalized spacial score (nSPS) is 11.6. The summed E-state index contributed by atoms with van der Waals surface area (Å²) < 4.78 is 13.2. The predicted molar refractivity (Wildman–Crippen MR) is 533 cm³/mol. The van der Waals surface area contributed by atoms with E-state index in [2.05, 4.69) is 497 Å². The van der Waals surface area contributed by atoms with E-state index in [1.54, 1.807) is 0 Å². The van der Waals surface area contributed by atoms with Gasteiger partial charge in [0, 0.05) is 82.8 Å². The largest absolute Gasteiger partial charge is 0.309 e. The van der Waals surface area contributed by atoms with Crippen molar-refractivity contribution in [3.63, 3.8) is 0 Å². The Kier molecular flexibility index (Phi) is 20.0. The SMILES string of the molecule is CC(C)(C)c1ccc(-c2cc(-c3ccccc3)nn2-c2ccc(-n3c4ccccc4c4ccccc43)cc2)cc1.c1ccc(-c2cc(-c3ccc(-c4ccc5ccccc5c4)cc3)n(-c3ccc(-n4c5ccccc5c5ccccc54)cc3)n2)cc1.c1ccc(-c2ccc(-c3cc(-c4ccccc4)nn3-c3ccc(-n4c5ccccc5c5ccccc54)cc3)cc2)cc1. The Morgan fingerprint density at radius 2 is 0.398 bits per heavy atom. The molecule has 0 aliphatic rings. The minimum Gasteiger partial charge on any atom is -0.309 e. The number of nitrogens with zero attached hydrogens (tertiary/aromatic N) is 9. The average Bonchev–Trinajstić information content (AvgIpc) is 1.60. The summed E-state index contributed by atoms with van der Waals surface area (Å²) in [5.41, 5.74) is 32.6. The molecule has 24 rings (SSSR count). The van der Waals surface area contributed by atoms with Crippen LogP contribution >= 0.6 is 0 Å². The lowest BCUT2D eigenvalue weighted by molar-refractivity contribution is 0.590. The number of para-hydroxylation sites is 6. The first-order chi connectivity index (χ1) is 63.1. The van der Waals surface area contributed by atoms with E-state index < -0.39 is 0 Å². The van der Waals surface area contributed by atoms with Gasteiger partial charge in [0.1, 0.15) is 0 Å². The number of rotatable bonds is 14. The first-order valence-corrected chi connectivity index (χ1v) is 43.7. The number of fused-ring (bicyclic) bond motifs is 10. The Labute approximate surface area is 743 Å². The maximum Gasteiger partial charge on any atom is 0.0934 e. The summed E-state index contributed by atoms with van der Waals surface area (Å²) >= 11 is 0. The van der Waals surface area contributed by atoms with Crippen molar-refractivity contribution in [1.29, 1.82) is 0 Å². The molecule has 0 spiro atoms. The fourth-order valence-corrected chi connectivity index (χ4v) is 18.2. The molecule has 128 heavy (non-hydrogen) atoms. The van der Waals surface area contributed by atoms with Gasteiger partial charge in [0.25, 0.3) is 0 Å². The van der Waals surface area contributed by atoms with Gasteiger partial charge >= 0.3 is 0 Å². The van der Waals surface area contributed by atoms with Crippen LogP contribution in [-0.4, -0.2) is 43.0 Å². The third kappa shape index (κ3) is 14.7. The summed E-state index contributed by atoms with van der Waals surface area (Å²) in [5.74, 6) is 0. The van der Waals surface area contributed by atoms with E-state index in [4.69, 9.17) is 15.3 Å². The Morgan fingerprint density at radius 3 is 0.703 bits per heavy atom. The molecule has 24 aromatic rings. The molecule has 0 saturated carbocycles. The smallest absolute Gasteiger partial charge is 0.0934 e. The Bertz CT molecular complexity index is 7970. The van der Waals surface area contributed by atoms with E-state index in [1.165, 1.54) is 104 Å². The summed E-state index contributed by atoms with van der Waals surface area (Å²) in [6, 6.07) is 168. The molecule has 0 radical (unpaired) electrons.